The van der Waals surface area contributed by atoms with Gasteiger partial charge in [0.2, 0.25) is 0 Å². The number of aryl methyl sites for hydroxylation is 1. The van der Waals surface area contributed by atoms with Crippen molar-refractivity contribution in [2.75, 3.05) is 0 Å². The van der Waals surface area contributed by atoms with Crippen molar-refractivity contribution in [2.45, 2.75) is 39.3 Å². The Kier molecular flexibility index (Phi) is 3.99. The first kappa shape index (κ1) is 14.4. The quantitative estimate of drug-likeness (QED) is 0.924. The molecule has 0 aliphatic heterocycles. The highest BCUT2D eigenvalue weighted by atomic mass is 16.3. The lowest BCUT2D eigenvalue weighted by atomic mass is 9.99. The molecule has 0 unspecified atom stereocenters. The zero-order valence-corrected chi connectivity index (χ0v) is 12.0. The van der Waals surface area contributed by atoms with E-state index in [0.29, 0.717) is 23.5 Å². The predicted molar refractivity (Wildman–Crippen MR) is 77.3 cm³/mol. The molecular formula is C15H19N3O2. The van der Waals surface area contributed by atoms with E-state index in [9.17, 15) is 9.90 Å². The van der Waals surface area contributed by atoms with Gasteiger partial charge in [-0.25, -0.2) is 4.68 Å². The molecular weight excluding hydrogens is 254 g/mol. The molecule has 1 N–H and O–H groups in total. The van der Waals surface area contributed by atoms with E-state index in [1.807, 2.05) is 25.1 Å². The van der Waals surface area contributed by atoms with E-state index in [1.54, 1.807) is 26.1 Å². The highest BCUT2D eigenvalue weighted by Gasteiger charge is 2.23. The number of aromatic nitrogens is 3. The van der Waals surface area contributed by atoms with Gasteiger partial charge < -0.3 is 5.11 Å². The molecule has 0 aliphatic carbocycles. The zero-order chi connectivity index (χ0) is 14.8. The molecule has 0 bridgehead atoms. The first-order valence-corrected chi connectivity index (χ1v) is 6.70. The average molecular weight is 273 g/mol. The fourth-order valence-electron chi connectivity index (χ4n) is 1.98. The summed E-state index contributed by atoms with van der Waals surface area (Å²) in [6.07, 6.45) is 2.47. The smallest absolute Gasteiger partial charge is 0.272 e. The fraction of sp³-hybridized carbons (Fsp3) is 0.400. The van der Waals surface area contributed by atoms with Crippen LogP contribution in [0.25, 0.3) is 11.4 Å². The molecule has 5 heteroatoms. The van der Waals surface area contributed by atoms with Gasteiger partial charge in [0.25, 0.3) is 5.56 Å². The summed E-state index contributed by atoms with van der Waals surface area (Å²) in [7, 11) is 0. The van der Waals surface area contributed by atoms with Crippen molar-refractivity contribution >= 4 is 0 Å². The van der Waals surface area contributed by atoms with Crippen LogP contribution in [0.3, 0.4) is 0 Å². The third-order valence-corrected chi connectivity index (χ3v) is 3.00. The van der Waals surface area contributed by atoms with Crippen LogP contribution in [0.4, 0.5) is 0 Å². The molecule has 0 aliphatic rings. The van der Waals surface area contributed by atoms with Gasteiger partial charge in [0.15, 0.2) is 0 Å². The molecule has 2 aromatic heterocycles. The second-order valence-corrected chi connectivity index (χ2v) is 5.25. The molecule has 0 radical (unpaired) electrons. The highest BCUT2D eigenvalue weighted by Crippen LogP contribution is 2.20. The van der Waals surface area contributed by atoms with Crippen LogP contribution in [0.2, 0.25) is 0 Å². The van der Waals surface area contributed by atoms with Gasteiger partial charge in [0.1, 0.15) is 5.69 Å². The third-order valence-electron chi connectivity index (χ3n) is 3.00. The van der Waals surface area contributed by atoms with Crippen molar-refractivity contribution in [2.24, 2.45) is 0 Å². The normalized spacial score (nSPS) is 11.6. The maximum Gasteiger partial charge on any atom is 0.272 e. The van der Waals surface area contributed by atoms with E-state index in [2.05, 4.69) is 10.1 Å². The topological polar surface area (TPSA) is 68.0 Å². The Morgan fingerprint density at radius 3 is 2.60 bits per heavy atom. The minimum absolute atomic E-state index is 0.251. The van der Waals surface area contributed by atoms with Gasteiger partial charge in [-0.2, -0.15) is 5.10 Å². The van der Waals surface area contributed by atoms with E-state index >= 15 is 0 Å². The Morgan fingerprint density at radius 2 is 2.05 bits per heavy atom. The zero-order valence-electron chi connectivity index (χ0n) is 12.0. The maximum atomic E-state index is 12.3. The average Bonchev–Trinajstić information content (AvgIpc) is 2.41. The molecule has 0 atom stereocenters. The van der Waals surface area contributed by atoms with E-state index < -0.39 is 5.60 Å². The van der Waals surface area contributed by atoms with Gasteiger partial charge in [-0.15, -0.1) is 0 Å². The molecule has 0 aromatic carbocycles. The number of nitrogens with zero attached hydrogens (tertiary/aromatic N) is 3. The highest BCUT2D eigenvalue weighted by molar-refractivity contribution is 5.54. The molecule has 0 saturated carbocycles. The van der Waals surface area contributed by atoms with E-state index in [1.165, 1.54) is 4.68 Å². The Labute approximate surface area is 117 Å². The summed E-state index contributed by atoms with van der Waals surface area (Å²) in [5.74, 6) is 0. The summed E-state index contributed by atoms with van der Waals surface area (Å²) in [5, 5.41) is 14.5. The largest absolute Gasteiger partial charge is 0.386 e. The fourth-order valence-corrected chi connectivity index (χ4v) is 1.98. The minimum atomic E-state index is -1.21. The van der Waals surface area contributed by atoms with Crippen LogP contribution in [0.1, 0.15) is 32.8 Å². The monoisotopic (exact) mass is 273 g/mol. The number of aliphatic hydroxyl groups is 1. The summed E-state index contributed by atoms with van der Waals surface area (Å²) in [5.41, 5.74) is 0.151. The van der Waals surface area contributed by atoms with Gasteiger partial charge in [-0.3, -0.25) is 9.78 Å². The van der Waals surface area contributed by atoms with E-state index in [0.717, 1.165) is 6.42 Å². The first-order chi connectivity index (χ1) is 9.43. The van der Waals surface area contributed by atoms with Crippen LogP contribution < -0.4 is 5.56 Å². The van der Waals surface area contributed by atoms with E-state index in [-0.39, 0.29) is 5.56 Å². The molecule has 20 heavy (non-hydrogen) atoms. The first-order valence-electron chi connectivity index (χ1n) is 6.70. The summed E-state index contributed by atoms with van der Waals surface area (Å²) in [6, 6.07) is 7.14. The van der Waals surface area contributed by atoms with Crippen molar-refractivity contribution in [3.8, 4) is 11.4 Å². The second-order valence-electron chi connectivity index (χ2n) is 5.25. The van der Waals surface area contributed by atoms with Crippen LogP contribution in [0.5, 0.6) is 0 Å². The number of hydrogen-bond acceptors (Lipinski definition) is 4. The van der Waals surface area contributed by atoms with Gasteiger partial charge in [0, 0.05) is 12.7 Å². The molecule has 106 valence electrons. The molecule has 2 aromatic rings. The van der Waals surface area contributed by atoms with Crippen molar-refractivity contribution in [3.63, 3.8) is 0 Å². The molecule has 5 nitrogen and oxygen atoms in total. The van der Waals surface area contributed by atoms with Crippen molar-refractivity contribution in [1.29, 1.82) is 0 Å². The van der Waals surface area contributed by atoms with Crippen LogP contribution in [-0.2, 0) is 12.1 Å². The van der Waals surface area contributed by atoms with Crippen LogP contribution in [0.15, 0.2) is 35.3 Å². The van der Waals surface area contributed by atoms with Gasteiger partial charge in [-0.1, -0.05) is 13.0 Å². The summed E-state index contributed by atoms with van der Waals surface area (Å²) >= 11 is 0. The lowest BCUT2D eigenvalue weighted by molar-refractivity contribution is 0.0761. The van der Waals surface area contributed by atoms with Crippen LogP contribution >= 0.6 is 0 Å². The SMILES string of the molecule is CCCn1nc(-c2ccccn2)cc(C(C)(C)O)c1=O. The summed E-state index contributed by atoms with van der Waals surface area (Å²) < 4.78 is 1.40. The third kappa shape index (κ3) is 2.93. The molecule has 0 amide bonds. The predicted octanol–water partition coefficient (Wildman–Crippen LogP) is 1.94. The standard InChI is InChI=1S/C15H19N3O2/c1-4-9-18-14(19)11(15(2,3)20)10-13(17-18)12-7-5-6-8-16-12/h5-8,10,20H,4,9H2,1-3H3. The van der Waals surface area contributed by atoms with Gasteiger partial charge in [0.05, 0.1) is 16.9 Å². The Hall–Kier alpha value is -2.01. The molecule has 2 heterocycles. The molecule has 0 saturated heterocycles. The number of pyridine rings is 1. The lowest BCUT2D eigenvalue weighted by Gasteiger charge is -2.19. The number of rotatable bonds is 4. The minimum Gasteiger partial charge on any atom is -0.386 e. The summed E-state index contributed by atoms with van der Waals surface area (Å²) in [6.45, 7) is 5.69. The molecule has 0 fully saturated rings. The summed E-state index contributed by atoms with van der Waals surface area (Å²) in [4.78, 5) is 16.6. The number of hydrogen-bond donors (Lipinski definition) is 1. The lowest BCUT2D eigenvalue weighted by Crippen LogP contribution is -2.33. The van der Waals surface area contributed by atoms with Crippen molar-refractivity contribution in [3.05, 3.63) is 46.4 Å². The van der Waals surface area contributed by atoms with Gasteiger partial charge >= 0.3 is 0 Å². The Bertz CT molecular complexity index is 642. The van der Waals surface area contributed by atoms with Crippen molar-refractivity contribution in [1.82, 2.24) is 14.8 Å². The van der Waals surface area contributed by atoms with E-state index in [4.69, 9.17) is 0 Å². The van der Waals surface area contributed by atoms with Gasteiger partial charge in [-0.05, 0) is 38.5 Å². The van der Waals surface area contributed by atoms with Crippen LogP contribution in [-0.4, -0.2) is 19.9 Å². The maximum absolute atomic E-state index is 12.3. The molecule has 2 rings (SSSR count). The second kappa shape index (κ2) is 5.54. The Balaban J connectivity index is 2.65. The molecule has 0 spiro atoms. The van der Waals surface area contributed by atoms with Crippen molar-refractivity contribution < 1.29 is 5.11 Å². The van der Waals surface area contributed by atoms with Crippen LogP contribution in [0, 0.1) is 0 Å². The Morgan fingerprint density at radius 1 is 1.30 bits per heavy atom.